The van der Waals surface area contributed by atoms with Gasteiger partial charge in [-0.15, -0.1) is 11.3 Å². The molecule has 0 amide bonds. The van der Waals surface area contributed by atoms with Crippen LogP contribution in [-0.2, 0) is 24.1 Å². The predicted octanol–water partition coefficient (Wildman–Crippen LogP) is 5.45. The lowest BCUT2D eigenvalue weighted by atomic mass is 10.1. The third-order valence-electron chi connectivity index (χ3n) is 4.44. The number of carbonyl (C=O) groups is 1. The maximum absolute atomic E-state index is 12.7. The highest BCUT2D eigenvalue weighted by atomic mass is 32.1. The number of carboxylic acid groups (broad SMARTS) is 1. The van der Waals surface area contributed by atoms with Gasteiger partial charge in [0.15, 0.2) is 0 Å². The molecule has 0 atom stereocenters. The summed E-state index contributed by atoms with van der Waals surface area (Å²) in [6.07, 6.45) is -1.03. The van der Waals surface area contributed by atoms with Crippen molar-refractivity contribution in [2.75, 3.05) is 0 Å². The molecule has 0 saturated heterocycles. The van der Waals surface area contributed by atoms with E-state index in [1.807, 2.05) is 12.1 Å². The maximum Gasteiger partial charge on any atom is 0.416 e. The zero-order valence-electron chi connectivity index (χ0n) is 15.4. The lowest BCUT2D eigenvalue weighted by Crippen LogP contribution is -2.07. The van der Waals surface area contributed by atoms with Crippen molar-refractivity contribution in [1.29, 1.82) is 0 Å². The molecule has 9 heteroatoms. The second kappa shape index (κ2) is 7.83. The number of aliphatic carboxylic acids is 1. The number of benzene rings is 2. The summed E-state index contributed by atoms with van der Waals surface area (Å²) in [4.78, 5) is 16.1. The molecule has 2 aromatic carbocycles. The van der Waals surface area contributed by atoms with E-state index in [0.717, 1.165) is 27.9 Å². The number of fused-ring (bicyclic) bond motifs is 1. The van der Waals surface area contributed by atoms with E-state index in [4.69, 9.17) is 9.84 Å². The molecule has 0 aliphatic heterocycles. The van der Waals surface area contributed by atoms with Crippen molar-refractivity contribution in [3.63, 3.8) is 0 Å². The first-order valence-corrected chi connectivity index (χ1v) is 9.67. The molecule has 4 aromatic rings. The molecule has 0 unspecified atom stereocenters. The Morgan fingerprint density at radius 1 is 1.13 bits per heavy atom. The van der Waals surface area contributed by atoms with Crippen molar-refractivity contribution < 1.29 is 27.8 Å². The summed E-state index contributed by atoms with van der Waals surface area (Å²) in [5, 5.41) is 10.5. The number of hydrogen-bond acceptors (Lipinski definition) is 4. The van der Waals surface area contributed by atoms with E-state index in [1.54, 1.807) is 29.1 Å². The molecule has 0 aliphatic rings. The van der Waals surface area contributed by atoms with E-state index in [0.29, 0.717) is 16.3 Å². The molecule has 0 bridgehead atoms. The zero-order valence-corrected chi connectivity index (χ0v) is 16.2. The lowest BCUT2D eigenvalue weighted by Gasteiger charge is -2.07. The molecule has 1 N–H and O–H groups in total. The van der Waals surface area contributed by atoms with Crippen molar-refractivity contribution in [2.24, 2.45) is 0 Å². The Hall–Kier alpha value is -3.33. The fourth-order valence-corrected chi connectivity index (χ4v) is 3.83. The summed E-state index contributed by atoms with van der Waals surface area (Å²) in [5.74, 6) is -0.350. The van der Waals surface area contributed by atoms with Crippen LogP contribution < -0.4 is 4.74 Å². The third-order valence-corrected chi connectivity index (χ3v) is 5.46. The number of thiazole rings is 1. The van der Waals surface area contributed by atoms with Gasteiger partial charge in [-0.2, -0.15) is 13.2 Å². The van der Waals surface area contributed by atoms with Crippen LogP contribution in [0, 0.1) is 0 Å². The fraction of sp³-hybridized carbons (Fsp3) is 0.143. The molecule has 2 heterocycles. The Bertz CT molecular complexity index is 1200. The summed E-state index contributed by atoms with van der Waals surface area (Å²) >= 11 is 1.34. The number of nitrogens with zero attached hydrogens (tertiary/aromatic N) is 2. The van der Waals surface area contributed by atoms with E-state index in [2.05, 4.69) is 4.98 Å². The van der Waals surface area contributed by atoms with Gasteiger partial charge in [0.05, 0.1) is 16.0 Å². The molecule has 0 radical (unpaired) electrons. The highest BCUT2D eigenvalue weighted by molar-refractivity contribution is 7.15. The van der Waals surface area contributed by atoms with Gasteiger partial charge in [-0.25, -0.2) is 4.98 Å². The molecule has 0 saturated carbocycles. The predicted molar refractivity (Wildman–Crippen MR) is 106 cm³/mol. The first kappa shape index (κ1) is 20.0. The third kappa shape index (κ3) is 4.30. The Morgan fingerprint density at radius 3 is 2.60 bits per heavy atom. The van der Waals surface area contributed by atoms with Crippen LogP contribution in [0.15, 0.2) is 60.9 Å². The van der Waals surface area contributed by atoms with Gasteiger partial charge in [0, 0.05) is 24.0 Å². The van der Waals surface area contributed by atoms with Crippen LogP contribution in [0.5, 0.6) is 5.75 Å². The minimum Gasteiger partial charge on any atom is -0.488 e. The van der Waals surface area contributed by atoms with E-state index in [-0.39, 0.29) is 13.2 Å². The normalized spacial score (nSPS) is 11.7. The number of carboxylic acids is 1. The van der Waals surface area contributed by atoms with Gasteiger partial charge in [-0.3, -0.25) is 4.79 Å². The van der Waals surface area contributed by atoms with E-state index in [9.17, 15) is 18.0 Å². The van der Waals surface area contributed by atoms with Crippen LogP contribution >= 0.6 is 11.3 Å². The Morgan fingerprint density at radius 2 is 1.90 bits per heavy atom. The van der Waals surface area contributed by atoms with Gasteiger partial charge in [0.25, 0.3) is 0 Å². The number of aromatic nitrogens is 2. The average molecular weight is 432 g/mol. The molecule has 154 valence electrons. The highest BCUT2D eigenvalue weighted by Gasteiger charge is 2.30. The van der Waals surface area contributed by atoms with Crippen LogP contribution in [0.25, 0.3) is 21.5 Å². The summed E-state index contributed by atoms with van der Waals surface area (Å²) in [6.45, 7) is 0.0989. The molecule has 0 fully saturated rings. The van der Waals surface area contributed by atoms with E-state index >= 15 is 0 Å². The second-order valence-corrected chi connectivity index (χ2v) is 7.67. The minimum absolute atomic E-state index is 0.141. The van der Waals surface area contributed by atoms with Gasteiger partial charge >= 0.3 is 12.1 Å². The number of ether oxygens (including phenoxy) is 1. The van der Waals surface area contributed by atoms with E-state index < -0.39 is 17.7 Å². The van der Waals surface area contributed by atoms with Crippen LogP contribution in [0.2, 0.25) is 0 Å². The standard InChI is InChI=1S/C21H15F3N2O3S/c22-21(23,24)15-4-1-14(2-5-15)20-25-10-17(30-20)12-29-16-6-3-13-7-8-26(11-19(27)28)18(13)9-16/h1-10H,11-12H2,(H,27,28). The molecular formula is C21H15F3N2O3S. The molecular weight excluding hydrogens is 417 g/mol. The maximum atomic E-state index is 12.7. The SMILES string of the molecule is O=C(O)Cn1ccc2ccc(OCc3cnc(-c4ccc(C(F)(F)F)cc4)s3)cc21. The van der Waals surface area contributed by atoms with Crippen molar-refractivity contribution >= 4 is 28.2 Å². The lowest BCUT2D eigenvalue weighted by molar-refractivity contribution is -0.138. The number of halogens is 3. The van der Waals surface area contributed by atoms with Crippen LogP contribution in [0.1, 0.15) is 10.4 Å². The van der Waals surface area contributed by atoms with Gasteiger partial charge in [0.1, 0.15) is 23.9 Å². The topological polar surface area (TPSA) is 64.3 Å². The van der Waals surface area contributed by atoms with Gasteiger partial charge < -0.3 is 14.4 Å². The summed E-state index contributed by atoms with van der Waals surface area (Å²) in [7, 11) is 0. The summed E-state index contributed by atoms with van der Waals surface area (Å²) in [6, 6.07) is 12.1. The monoisotopic (exact) mass is 432 g/mol. The van der Waals surface area contributed by atoms with Gasteiger partial charge in [0.2, 0.25) is 0 Å². The van der Waals surface area contributed by atoms with Crippen LogP contribution in [-0.4, -0.2) is 20.6 Å². The van der Waals surface area contributed by atoms with Crippen molar-refractivity contribution in [1.82, 2.24) is 9.55 Å². The Balaban J connectivity index is 1.46. The molecule has 0 spiro atoms. The summed E-state index contributed by atoms with van der Waals surface area (Å²) < 4.78 is 45.5. The first-order valence-electron chi connectivity index (χ1n) is 8.85. The number of hydrogen-bond donors (Lipinski definition) is 1. The van der Waals surface area contributed by atoms with Gasteiger partial charge in [-0.05, 0) is 35.7 Å². The van der Waals surface area contributed by atoms with Crippen LogP contribution in [0.3, 0.4) is 0 Å². The average Bonchev–Trinajstić information content (AvgIpc) is 3.33. The minimum atomic E-state index is -4.37. The van der Waals surface area contributed by atoms with Gasteiger partial charge in [-0.1, -0.05) is 12.1 Å². The highest BCUT2D eigenvalue weighted by Crippen LogP contribution is 2.32. The molecule has 2 aromatic heterocycles. The molecule has 0 aliphatic carbocycles. The zero-order chi connectivity index (χ0) is 21.3. The molecule has 5 nitrogen and oxygen atoms in total. The fourth-order valence-electron chi connectivity index (χ4n) is 3.00. The first-order chi connectivity index (χ1) is 14.3. The van der Waals surface area contributed by atoms with Crippen LogP contribution in [0.4, 0.5) is 13.2 Å². The van der Waals surface area contributed by atoms with Crippen molar-refractivity contribution in [3.05, 3.63) is 71.4 Å². The Labute approximate surface area is 173 Å². The second-order valence-electron chi connectivity index (χ2n) is 6.55. The number of alkyl halides is 3. The van der Waals surface area contributed by atoms with E-state index in [1.165, 1.54) is 23.5 Å². The smallest absolute Gasteiger partial charge is 0.416 e. The van der Waals surface area contributed by atoms with Crippen molar-refractivity contribution in [3.8, 4) is 16.3 Å². The molecule has 4 rings (SSSR count). The number of rotatable bonds is 6. The Kier molecular flexibility index (Phi) is 5.21. The van der Waals surface area contributed by atoms with Crippen molar-refractivity contribution in [2.45, 2.75) is 19.3 Å². The quantitative estimate of drug-likeness (QED) is 0.440. The summed E-state index contributed by atoms with van der Waals surface area (Å²) in [5.41, 5.74) is 0.659. The largest absolute Gasteiger partial charge is 0.488 e. The molecule has 30 heavy (non-hydrogen) atoms.